The van der Waals surface area contributed by atoms with Crippen LogP contribution in [0.3, 0.4) is 0 Å². The monoisotopic (exact) mass is 488 g/mol. The van der Waals surface area contributed by atoms with Crippen molar-refractivity contribution in [2.24, 2.45) is 0 Å². The van der Waals surface area contributed by atoms with Gasteiger partial charge in [0.25, 0.3) is 5.91 Å². The van der Waals surface area contributed by atoms with E-state index in [-0.39, 0.29) is 16.0 Å². The SMILES string of the molecule is CCCC(NC(=O)C1CC2(CN1C)SCCCS2)C(=O)C(=O)NCC(=O)N[C@@H](C)C(=O)O. The maximum atomic E-state index is 13.0. The Kier molecular flexibility index (Phi) is 9.83. The highest BCUT2D eigenvalue weighted by Crippen LogP contribution is 2.49. The van der Waals surface area contributed by atoms with Gasteiger partial charge in [0, 0.05) is 6.54 Å². The normalized spacial score (nSPS) is 22.0. The van der Waals surface area contributed by atoms with Crippen molar-refractivity contribution in [3.05, 3.63) is 0 Å². The minimum absolute atomic E-state index is 0.00288. The quantitative estimate of drug-likeness (QED) is 0.308. The Morgan fingerprint density at radius 2 is 1.81 bits per heavy atom. The standard InChI is InChI=1S/C20H32N4O6S2/c1-4-6-13(16(26)18(28)21-10-15(25)22-12(2)19(29)30)23-17(27)14-9-20(11-24(14)3)31-7-5-8-32-20/h12-14H,4-11H2,1-3H3,(H,21,28)(H,22,25)(H,23,27)(H,29,30)/t12-,13?,14?/m0/s1. The van der Waals surface area contributed by atoms with Crippen LogP contribution in [0.25, 0.3) is 0 Å². The summed E-state index contributed by atoms with van der Waals surface area (Å²) in [5.41, 5.74) is 0. The van der Waals surface area contributed by atoms with Crippen molar-refractivity contribution < 1.29 is 29.1 Å². The summed E-state index contributed by atoms with van der Waals surface area (Å²) in [5.74, 6) is -1.88. The molecule has 32 heavy (non-hydrogen) atoms. The molecule has 2 unspecified atom stereocenters. The number of ketones is 1. The molecule has 1 spiro atoms. The van der Waals surface area contributed by atoms with E-state index in [1.165, 1.54) is 6.92 Å². The Labute approximate surface area is 196 Å². The lowest BCUT2D eigenvalue weighted by molar-refractivity contribution is -0.142. The predicted molar refractivity (Wildman–Crippen MR) is 123 cm³/mol. The molecule has 2 rings (SSSR count). The van der Waals surface area contributed by atoms with Crippen LogP contribution in [-0.4, -0.2) is 93.3 Å². The fourth-order valence-electron chi connectivity index (χ4n) is 3.71. The largest absolute Gasteiger partial charge is 0.480 e. The Balaban J connectivity index is 1.91. The minimum Gasteiger partial charge on any atom is -0.480 e. The van der Waals surface area contributed by atoms with Gasteiger partial charge in [-0.1, -0.05) is 13.3 Å². The summed E-state index contributed by atoms with van der Waals surface area (Å²) in [6.07, 6.45) is 2.72. The smallest absolute Gasteiger partial charge is 0.325 e. The van der Waals surface area contributed by atoms with Crippen LogP contribution in [0.15, 0.2) is 0 Å². The van der Waals surface area contributed by atoms with E-state index in [1.54, 1.807) is 0 Å². The van der Waals surface area contributed by atoms with E-state index in [4.69, 9.17) is 5.11 Å². The first-order valence-corrected chi connectivity index (χ1v) is 12.7. The molecular weight excluding hydrogens is 456 g/mol. The number of hydrogen-bond donors (Lipinski definition) is 4. The fourth-order valence-corrected chi connectivity index (χ4v) is 7.19. The van der Waals surface area contributed by atoms with E-state index in [1.807, 2.05) is 42.4 Å². The Morgan fingerprint density at radius 3 is 2.41 bits per heavy atom. The van der Waals surface area contributed by atoms with Gasteiger partial charge in [0.15, 0.2) is 0 Å². The molecule has 180 valence electrons. The number of likely N-dealkylation sites (N-methyl/N-ethyl adjacent to an activating group) is 1. The number of nitrogens with one attached hydrogen (secondary N) is 3. The molecule has 0 saturated carbocycles. The minimum atomic E-state index is -1.21. The Morgan fingerprint density at radius 1 is 1.16 bits per heavy atom. The average Bonchev–Trinajstić information content (AvgIpc) is 3.06. The van der Waals surface area contributed by atoms with Crippen LogP contribution in [0, 0.1) is 0 Å². The second kappa shape index (κ2) is 11.9. The van der Waals surface area contributed by atoms with E-state index < -0.39 is 42.2 Å². The molecule has 3 atom stereocenters. The van der Waals surface area contributed by atoms with Crippen LogP contribution in [0.1, 0.15) is 39.5 Å². The van der Waals surface area contributed by atoms with E-state index in [0.717, 1.165) is 24.5 Å². The van der Waals surface area contributed by atoms with E-state index in [9.17, 15) is 24.0 Å². The van der Waals surface area contributed by atoms with Gasteiger partial charge in [-0.05, 0) is 44.7 Å². The fraction of sp³-hybridized carbons (Fsp3) is 0.750. The molecule has 0 bridgehead atoms. The van der Waals surface area contributed by atoms with Crippen molar-refractivity contribution >= 4 is 53.0 Å². The summed E-state index contributed by atoms with van der Waals surface area (Å²) >= 11 is 3.78. The maximum absolute atomic E-state index is 13.0. The van der Waals surface area contributed by atoms with Gasteiger partial charge in [0.2, 0.25) is 17.6 Å². The highest BCUT2D eigenvalue weighted by Gasteiger charge is 2.47. The average molecular weight is 489 g/mol. The second-order valence-electron chi connectivity index (χ2n) is 8.12. The summed E-state index contributed by atoms with van der Waals surface area (Å²) in [6, 6.07) is -2.47. The molecule has 0 aromatic heterocycles. The molecule has 2 aliphatic heterocycles. The third-order valence-electron chi connectivity index (χ3n) is 5.44. The number of rotatable bonds is 10. The number of amides is 3. The number of thioether (sulfide) groups is 2. The van der Waals surface area contributed by atoms with Crippen LogP contribution in [0.4, 0.5) is 0 Å². The first-order chi connectivity index (χ1) is 15.1. The van der Waals surface area contributed by atoms with Crippen molar-refractivity contribution in [1.82, 2.24) is 20.9 Å². The van der Waals surface area contributed by atoms with Gasteiger partial charge < -0.3 is 21.1 Å². The maximum Gasteiger partial charge on any atom is 0.325 e. The lowest BCUT2D eigenvalue weighted by Crippen LogP contribution is -2.53. The van der Waals surface area contributed by atoms with Gasteiger partial charge in [0.05, 0.1) is 22.7 Å². The number of carboxylic acids is 1. The van der Waals surface area contributed by atoms with Gasteiger partial charge in [0.1, 0.15) is 6.04 Å². The zero-order chi connectivity index (χ0) is 23.9. The van der Waals surface area contributed by atoms with Crippen LogP contribution >= 0.6 is 23.5 Å². The molecule has 12 heteroatoms. The predicted octanol–water partition coefficient (Wildman–Crippen LogP) is -0.184. The first kappa shape index (κ1) is 26.5. The Bertz CT molecular complexity index is 744. The van der Waals surface area contributed by atoms with E-state index in [2.05, 4.69) is 16.0 Å². The van der Waals surface area contributed by atoms with Gasteiger partial charge in [-0.15, -0.1) is 23.5 Å². The van der Waals surface area contributed by atoms with Crippen LogP contribution in [0.5, 0.6) is 0 Å². The van der Waals surface area contributed by atoms with Crippen LogP contribution < -0.4 is 16.0 Å². The summed E-state index contributed by atoms with van der Waals surface area (Å²) in [4.78, 5) is 62.4. The molecule has 0 radical (unpaired) electrons. The van der Waals surface area contributed by atoms with Crippen molar-refractivity contribution in [3.8, 4) is 0 Å². The van der Waals surface area contributed by atoms with Gasteiger partial charge in [-0.3, -0.25) is 28.9 Å². The van der Waals surface area contributed by atoms with Gasteiger partial charge in [-0.2, -0.15) is 0 Å². The number of aliphatic carboxylic acids is 1. The summed E-state index contributed by atoms with van der Waals surface area (Å²) in [5, 5.41) is 15.9. The van der Waals surface area contributed by atoms with Crippen molar-refractivity contribution in [2.45, 2.75) is 61.7 Å². The molecule has 2 saturated heterocycles. The third-order valence-corrected chi connectivity index (χ3v) is 8.78. The van der Waals surface area contributed by atoms with Gasteiger partial charge in [-0.25, -0.2) is 0 Å². The molecule has 2 aliphatic rings. The summed E-state index contributed by atoms with van der Waals surface area (Å²) in [7, 11) is 1.90. The molecule has 0 aromatic carbocycles. The first-order valence-electron chi connectivity index (χ1n) is 10.7. The van der Waals surface area contributed by atoms with Crippen LogP contribution in [-0.2, 0) is 24.0 Å². The van der Waals surface area contributed by atoms with Gasteiger partial charge >= 0.3 is 5.97 Å². The van der Waals surface area contributed by atoms with Crippen molar-refractivity contribution in [3.63, 3.8) is 0 Å². The molecule has 0 aliphatic carbocycles. The van der Waals surface area contributed by atoms with E-state index >= 15 is 0 Å². The highest BCUT2D eigenvalue weighted by atomic mass is 32.2. The number of Topliss-reactive ketones (excluding diaryl/α,β-unsaturated/α-hetero) is 1. The molecule has 0 aromatic rings. The Hall–Kier alpha value is -1.79. The lowest BCUT2D eigenvalue weighted by Gasteiger charge is -2.31. The topological polar surface area (TPSA) is 145 Å². The third kappa shape index (κ3) is 7.11. The van der Waals surface area contributed by atoms with Crippen molar-refractivity contribution in [2.75, 3.05) is 31.6 Å². The molecule has 2 heterocycles. The van der Waals surface area contributed by atoms with Crippen molar-refractivity contribution in [1.29, 1.82) is 0 Å². The second-order valence-corrected chi connectivity index (χ2v) is 11.3. The number of hydrogen-bond acceptors (Lipinski definition) is 8. The summed E-state index contributed by atoms with van der Waals surface area (Å²) < 4.78 is -0.00288. The number of nitrogens with zero attached hydrogens (tertiary/aromatic N) is 1. The zero-order valence-corrected chi connectivity index (χ0v) is 20.3. The molecule has 10 nitrogen and oxygen atoms in total. The summed E-state index contributed by atoms with van der Waals surface area (Å²) in [6.45, 7) is 3.39. The number of carbonyl (C=O) groups is 5. The number of carbonyl (C=O) groups excluding carboxylic acids is 4. The van der Waals surface area contributed by atoms with Crippen LogP contribution in [0.2, 0.25) is 0 Å². The lowest BCUT2D eigenvalue weighted by atomic mass is 10.1. The highest BCUT2D eigenvalue weighted by molar-refractivity contribution is 8.18. The molecule has 3 amide bonds. The molecule has 4 N–H and O–H groups in total. The molecule has 2 fully saturated rings. The number of likely N-dealkylation sites (tertiary alicyclic amines) is 1. The number of carboxylic acid groups (broad SMARTS) is 1. The van der Waals surface area contributed by atoms with E-state index in [0.29, 0.717) is 19.3 Å². The zero-order valence-electron chi connectivity index (χ0n) is 18.6. The molecular formula is C20H32N4O6S2.